The standard InChI is InChI=1S/C15H14O4/c16-13(10-5-2-1-3-6-10)14(17)11-7-4-8-12(9-11)15(18)19/h1-9,13-14,16-17H,(H,18,19). The molecule has 2 atom stereocenters. The van der Waals surface area contributed by atoms with E-state index in [1.165, 1.54) is 12.1 Å². The van der Waals surface area contributed by atoms with Crippen LogP contribution in [-0.2, 0) is 0 Å². The zero-order valence-corrected chi connectivity index (χ0v) is 10.1. The summed E-state index contributed by atoms with van der Waals surface area (Å²) in [7, 11) is 0. The van der Waals surface area contributed by atoms with Gasteiger partial charge in [-0.1, -0.05) is 42.5 Å². The van der Waals surface area contributed by atoms with E-state index in [1.807, 2.05) is 6.07 Å². The van der Waals surface area contributed by atoms with Crippen LogP contribution >= 0.6 is 0 Å². The average Bonchev–Trinajstić information content (AvgIpc) is 2.46. The van der Waals surface area contributed by atoms with Crippen LogP contribution in [0.4, 0.5) is 0 Å². The van der Waals surface area contributed by atoms with Gasteiger partial charge in [-0.15, -0.1) is 0 Å². The van der Waals surface area contributed by atoms with E-state index in [1.54, 1.807) is 36.4 Å². The zero-order chi connectivity index (χ0) is 13.8. The van der Waals surface area contributed by atoms with E-state index in [9.17, 15) is 15.0 Å². The molecule has 0 aliphatic rings. The van der Waals surface area contributed by atoms with Crippen LogP contribution in [-0.4, -0.2) is 21.3 Å². The van der Waals surface area contributed by atoms with Crippen molar-refractivity contribution in [3.63, 3.8) is 0 Å². The highest BCUT2D eigenvalue weighted by Gasteiger charge is 2.20. The van der Waals surface area contributed by atoms with E-state index in [-0.39, 0.29) is 5.56 Å². The molecule has 0 amide bonds. The van der Waals surface area contributed by atoms with Gasteiger partial charge in [-0.2, -0.15) is 0 Å². The molecule has 4 nitrogen and oxygen atoms in total. The van der Waals surface area contributed by atoms with Crippen LogP contribution in [0.15, 0.2) is 54.6 Å². The first-order valence-corrected chi connectivity index (χ1v) is 5.84. The Morgan fingerprint density at radius 1 is 0.842 bits per heavy atom. The van der Waals surface area contributed by atoms with Crippen molar-refractivity contribution in [3.8, 4) is 0 Å². The first-order chi connectivity index (χ1) is 9.09. The van der Waals surface area contributed by atoms with Crippen LogP contribution in [0, 0.1) is 0 Å². The first-order valence-electron chi connectivity index (χ1n) is 5.84. The number of hydrogen-bond donors (Lipinski definition) is 3. The molecule has 0 aliphatic carbocycles. The monoisotopic (exact) mass is 258 g/mol. The molecule has 2 aromatic carbocycles. The van der Waals surface area contributed by atoms with Crippen molar-refractivity contribution in [2.45, 2.75) is 12.2 Å². The van der Waals surface area contributed by atoms with Crippen LogP contribution in [0.3, 0.4) is 0 Å². The van der Waals surface area contributed by atoms with Gasteiger partial charge in [-0.25, -0.2) is 4.79 Å². The molecule has 0 aliphatic heterocycles. The molecule has 3 N–H and O–H groups in total. The molecule has 0 fully saturated rings. The van der Waals surface area contributed by atoms with Crippen LogP contribution in [0.25, 0.3) is 0 Å². The third-order valence-electron chi connectivity index (χ3n) is 2.92. The maximum Gasteiger partial charge on any atom is 0.335 e. The fourth-order valence-corrected chi connectivity index (χ4v) is 1.87. The van der Waals surface area contributed by atoms with Crippen LogP contribution in [0.2, 0.25) is 0 Å². The van der Waals surface area contributed by atoms with Gasteiger partial charge in [0.1, 0.15) is 12.2 Å². The molecule has 0 heterocycles. The minimum absolute atomic E-state index is 0.0804. The van der Waals surface area contributed by atoms with E-state index in [0.717, 1.165) is 0 Å². The molecule has 2 aromatic rings. The number of benzene rings is 2. The Morgan fingerprint density at radius 2 is 1.42 bits per heavy atom. The van der Waals surface area contributed by atoms with E-state index >= 15 is 0 Å². The van der Waals surface area contributed by atoms with Crippen molar-refractivity contribution in [3.05, 3.63) is 71.3 Å². The second kappa shape index (κ2) is 5.65. The number of carboxylic acid groups (broad SMARTS) is 1. The third kappa shape index (κ3) is 2.99. The highest BCUT2D eigenvalue weighted by molar-refractivity contribution is 5.87. The number of rotatable bonds is 4. The van der Waals surface area contributed by atoms with Gasteiger partial charge in [0.25, 0.3) is 0 Å². The Kier molecular flexibility index (Phi) is 3.94. The van der Waals surface area contributed by atoms with Gasteiger partial charge >= 0.3 is 5.97 Å². The van der Waals surface area contributed by atoms with E-state index in [0.29, 0.717) is 11.1 Å². The molecular weight excluding hydrogens is 244 g/mol. The Bertz CT molecular complexity index is 565. The van der Waals surface area contributed by atoms with Crippen molar-refractivity contribution < 1.29 is 20.1 Å². The highest BCUT2D eigenvalue weighted by atomic mass is 16.4. The number of aromatic carboxylic acids is 1. The number of hydrogen-bond acceptors (Lipinski definition) is 3. The van der Waals surface area contributed by atoms with Crippen molar-refractivity contribution in [2.24, 2.45) is 0 Å². The lowest BCUT2D eigenvalue weighted by Crippen LogP contribution is -2.11. The molecule has 2 rings (SSSR count). The minimum atomic E-state index is -1.17. The van der Waals surface area contributed by atoms with E-state index in [4.69, 9.17) is 5.11 Å². The molecule has 2 unspecified atom stereocenters. The van der Waals surface area contributed by atoms with Crippen molar-refractivity contribution in [2.75, 3.05) is 0 Å². The smallest absolute Gasteiger partial charge is 0.335 e. The second-order valence-corrected chi connectivity index (χ2v) is 4.23. The molecule has 0 aromatic heterocycles. The van der Waals surface area contributed by atoms with Gasteiger partial charge in [0.2, 0.25) is 0 Å². The largest absolute Gasteiger partial charge is 0.478 e. The number of aliphatic hydroxyl groups is 2. The summed E-state index contributed by atoms with van der Waals surface area (Å²) in [6.45, 7) is 0. The lowest BCUT2D eigenvalue weighted by atomic mass is 9.97. The lowest BCUT2D eigenvalue weighted by molar-refractivity contribution is 0.0172. The summed E-state index contributed by atoms with van der Waals surface area (Å²) < 4.78 is 0. The van der Waals surface area contributed by atoms with Gasteiger partial charge in [0.15, 0.2) is 0 Å². The first kappa shape index (κ1) is 13.3. The van der Waals surface area contributed by atoms with Crippen molar-refractivity contribution in [1.29, 1.82) is 0 Å². The molecule has 0 radical (unpaired) electrons. The Morgan fingerprint density at radius 3 is 2.05 bits per heavy atom. The maximum absolute atomic E-state index is 10.9. The van der Waals surface area contributed by atoms with E-state index < -0.39 is 18.2 Å². The lowest BCUT2D eigenvalue weighted by Gasteiger charge is -2.18. The number of aliphatic hydroxyl groups excluding tert-OH is 2. The molecule has 0 bridgehead atoms. The third-order valence-corrected chi connectivity index (χ3v) is 2.92. The number of carboxylic acids is 1. The predicted molar refractivity (Wildman–Crippen MR) is 69.8 cm³/mol. The van der Waals surface area contributed by atoms with Crippen molar-refractivity contribution in [1.82, 2.24) is 0 Å². The Hall–Kier alpha value is -2.17. The SMILES string of the molecule is O=C(O)c1cccc(C(O)C(O)c2ccccc2)c1. The molecule has 4 heteroatoms. The van der Waals surface area contributed by atoms with Gasteiger partial charge in [0.05, 0.1) is 5.56 Å². The summed E-state index contributed by atoms with van der Waals surface area (Å²) in [5, 5.41) is 29.1. The maximum atomic E-state index is 10.9. The fourth-order valence-electron chi connectivity index (χ4n) is 1.87. The van der Waals surface area contributed by atoms with Crippen LogP contribution < -0.4 is 0 Å². The zero-order valence-electron chi connectivity index (χ0n) is 10.1. The fraction of sp³-hybridized carbons (Fsp3) is 0.133. The quantitative estimate of drug-likeness (QED) is 0.785. The molecule has 0 saturated heterocycles. The van der Waals surface area contributed by atoms with Gasteiger partial charge < -0.3 is 15.3 Å². The molecule has 19 heavy (non-hydrogen) atoms. The average molecular weight is 258 g/mol. The Balaban J connectivity index is 2.26. The predicted octanol–water partition coefficient (Wildman–Crippen LogP) is 2.15. The summed E-state index contributed by atoms with van der Waals surface area (Å²) in [5.41, 5.74) is 1.03. The Labute approximate surface area is 110 Å². The van der Waals surface area contributed by atoms with Crippen LogP contribution in [0.5, 0.6) is 0 Å². The van der Waals surface area contributed by atoms with Gasteiger partial charge in [-0.3, -0.25) is 0 Å². The summed E-state index contributed by atoms with van der Waals surface area (Å²) in [6.07, 6.45) is -2.26. The molecule has 0 saturated carbocycles. The summed E-state index contributed by atoms with van der Waals surface area (Å²) in [6, 6.07) is 14.7. The summed E-state index contributed by atoms with van der Waals surface area (Å²) in [4.78, 5) is 10.9. The topological polar surface area (TPSA) is 77.8 Å². The van der Waals surface area contributed by atoms with Crippen molar-refractivity contribution >= 4 is 5.97 Å². The molecular formula is C15H14O4. The highest BCUT2D eigenvalue weighted by Crippen LogP contribution is 2.28. The molecule has 0 spiro atoms. The minimum Gasteiger partial charge on any atom is -0.478 e. The number of carbonyl (C=O) groups is 1. The summed E-state index contributed by atoms with van der Waals surface area (Å²) >= 11 is 0. The van der Waals surface area contributed by atoms with Gasteiger partial charge in [0, 0.05) is 0 Å². The molecule has 98 valence electrons. The van der Waals surface area contributed by atoms with Gasteiger partial charge in [-0.05, 0) is 23.3 Å². The van der Waals surface area contributed by atoms with Crippen LogP contribution in [0.1, 0.15) is 33.7 Å². The normalized spacial score (nSPS) is 13.8. The van der Waals surface area contributed by atoms with E-state index in [2.05, 4.69) is 0 Å². The second-order valence-electron chi connectivity index (χ2n) is 4.23. The summed E-state index contributed by atoms with van der Waals surface area (Å²) in [5.74, 6) is -1.07.